The number of aryl methyl sites for hydroxylation is 1. The number of hydrogen-bond acceptors (Lipinski definition) is 3. The van der Waals surface area contributed by atoms with Crippen LogP contribution < -0.4 is 0 Å². The highest BCUT2D eigenvalue weighted by Gasteiger charge is 2.29. The smallest absolute Gasteiger partial charge is 0.242 e. The van der Waals surface area contributed by atoms with Gasteiger partial charge in [0.05, 0.1) is 19.1 Å². The van der Waals surface area contributed by atoms with Crippen LogP contribution in [0.4, 0.5) is 0 Å². The Morgan fingerprint density at radius 3 is 2.65 bits per heavy atom. The number of nitrogens with zero attached hydrogens (tertiary/aromatic N) is 2. The molecule has 2 rings (SSSR count). The van der Waals surface area contributed by atoms with Crippen LogP contribution in [0.1, 0.15) is 25.0 Å². The second kappa shape index (κ2) is 7.59. The van der Waals surface area contributed by atoms with Crippen LogP contribution in [-0.4, -0.2) is 59.0 Å². The molecule has 0 aromatic heterocycles. The van der Waals surface area contributed by atoms with E-state index in [0.29, 0.717) is 19.0 Å². The second-order valence-corrected chi connectivity index (χ2v) is 6.72. The average Bonchev–Trinajstić information content (AvgIpc) is 2.60. The third-order valence-electron chi connectivity index (χ3n) is 4.08. The van der Waals surface area contributed by atoms with Crippen molar-refractivity contribution < 1.29 is 14.7 Å². The van der Waals surface area contributed by atoms with Gasteiger partial charge in [-0.1, -0.05) is 38.1 Å². The molecule has 1 atom stereocenters. The number of β-amino-alcohol motifs (C(OH)–C–C–N with tert-alkyl or cyclic N) is 1. The van der Waals surface area contributed by atoms with Gasteiger partial charge < -0.3 is 14.9 Å². The van der Waals surface area contributed by atoms with Gasteiger partial charge in [0.15, 0.2) is 0 Å². The largest absolute Gasteiger partial charge is 0.389 e. The minimum Gasteiger partial charge on any atom is -0.389 e. The molecule has 0 radical (unpaired) electrons. The summed E-state index contributed by atoms with van der Waals surface area (Å²) in [6.45, 7) is 7.20. The number of amides is 2. The maximum absolute atomic E-state index is 12.5. The van der Waals surface area contributed by atoms with Crippen molar-refractivity contribution in [3.8, 4) is 0 Å². The first-order chi connectivity index (χ1) is 10.9. The molecule has 1 unspecified atom stereocenters. The molecule has 1 heterocycles. The summed E-state index contributed by atoms with van der Waals surface area (Å²) in [6.07, 6.45) is -0.433. The lowest BCUT2D eigenvalue weighted by molar-refractivity contribution is -0.138. The Hall–Kier alpha value is -1.88. The van der Waals surface area contributed by atoms with Crippen LogP contribution in [0.2, 0.25) is 0 Å². The number of carbonyl (C=O) groups is 2. The van der Waals surface area contributed by atoms with E-state index in [1.807, 2.05) is 45.0 Å². The Balaban J connectivity index is 2.06. The molecule has 2 amide bonds. The number of benzene rings is 1. The van der Waals surface area contributed by atoms with Gasteiger partial charge >= 0.3 is 0 Å². The summed E-state index contributed by atoms with van der Waals surface area (Å²) in [5.74, 6) is 0.131. The van der Waals surface area contributed by atoms with Crippen molar-refractivity contribution >= 4 is 11.8 Å². The van der Waals surface area contributed by atoms with E-state index in [0.717, 1.165) is 11.1 Å². The summed E-state index contributed by atoms with van der Waals surface area (Å²) in [7, 11) is 0. The van der Waals surface area contributed by atoms with Gasteiger partial charge in [0.2, 0.25) is 11.8 Å². The second-order valence-electron chi connectivity index (χ2n) is 6.72. The summed E-state index contributed by atoms with van der Waals surface area (Å²) in [5, 5.41) is 10.1. The zero-order valence-electron chi connectivity index (χ0n) is 14.2. The zero-order valence-corrected chi connectivity index (χ0v) is 14.2. The predicted molar refractivity (Wildman–Crippen MR) is 88.9 cm³/mol. The molecule has 5 heteroatoms. The van der Waals surface area contributed by atoms with E-state index in [9.17, 15) is 14.7 Å². The van der Waals surface area contributed by atoms with E-state index < -0.39 is 6.10 Å². The lowest BCUT2D eigenvalue weighted by Gasteiger charge is -2.23. The SMILES string of the molecule is Cc1ccccc1CC(=O)N1CC(=O)N(CC(C)C)CC(O)C1. The zero-order chi connectivity index (χ0) is 17.0. The van der Waals surface area contributed by atoms with Crippen LogP contribution in [0, 0.1) is 12.8 Å². The van der Waals surface area contributed by atoms with E-state index in [1.165, 1.54) is 4.90 Å². The van der Waals surface area contributed by atoms with E-state index in [-0.39, 0.29) is 31.3 Å². The number of aliphatic hydroxyl groups is 1. The molecule has 0 saturated carbocycles. The van der Waals surface area contributed by atoms with Crippen molar-refractivity contribution in [3.05, 3.63) is 35.4 Å². The minimum atomic E-state index is -0.693. The third kappa shape index (κ3) is 4.79. The van der Waals surface area contributed by atoms with E-state index in [1.54, 1.807) is 4.90 Å². The Morgan fingerprint density at radius 2 is 2.00 bits per heavy atom. The van der Waals surface area contributed by atoms with Gasteiger partial charge in [0, 0.05) is 19.6 Å². The van der Waals surface area contributed by atoms with E-state index in [4.69, 9.17) is 0 Å². The highest BCUT2D eigenvalue weighted by Crippen LogP contribution is 2.13. The van der Waals surface area contributed by atoms with Gasteiger partial charge in [-0.25, -0.2) is 0 Å². The molecule has 1 saturated heterocycles. The van der Waals surface area contributed by atoms with Crippen molar-refractivity contribution in [2.75, 3.05) is 26.2 Å². The topological polar surface area (TPSA) is 60.9 Å². The Labute approximate surface area is 137 Å². The fourth-order valence-electron chi connectivity index (χ4n) is 2.89. The monoisotopic (exact) mass is 318 g/mol. The first-order valence-electron chi connectivity index (χ1n) is 8.15. The third-order valence-corrected chi connectivity index (χ3v) is 4.08. The van der Waals surface area contributed by atoms with Crippen LogP contribution in [0.15, 0.2) is 24.3 Å². The molecule has 0 bridgehead atoms. The molecule has 126 valence electrons. The highest BCUT2D eigenvalue weighted by molar-refractivity contribution is 5.86. The van der Waals surface area contributed by atoms with Gasteiger partial charge in [-0.05, 0) is 24.0 Å². The van der Waals surface area contributed by atoms with Crippen molar-refractivity contribution in [2.24, 2.45) is 5.92 Å². The number of aliphatic hydroxyl groups excluding tert-OH is 1. The first-order valence-corrected chi connectivity index (χ1v) is 8.15. The van der Waals surface area contributed by atoms with Gasteiger partial charge in [-0.2, -0.15) is 0 Å². The van der Waals surface area contributed by atoms with Crippen molar-refractivity contribution in [1.82, 2.24) is 9.80 Å². The van der Waals surface area contributed by atoms with Crippen LogP contribution in [0.3, 0.4) is 0 Å². The summed E-state index contributed by atoms with van der Waals surface area (Å²) in [5.41, 5.74) is 2.02. The maximum atomic E-state index is 12.5. The van der Waals surface area contributed by atoms with Gasteiger partial charge in [0.25, 0.3) is 0 Å². The molecule has 23 heavy (non-hydrogen) atoms. The van der Waals surface area contributed by atoms with E-state index >= 15 is 0 Å². The Bertz CT molecular complexity index is 571. The number of rotatable bonds is 4. The van der Waals surface area contributed by atoms with Crippen LogP contribution >= 0.6 is 0 Å². The normalized spacial score (nSPS) is 19.2. The van der Waals surface area contributed by atoms with E-state index in [2.05, 4.69) is 0 Å². The van der Waals surface area contributed by atoms with Crippen LogP contribution in [0.5, 0.6) is 0 Å². The summed E-state index contributed by atoms with van der Waals surface area (Å²) < 4.78 is 0. The molecule has 0 aliphatic carbocycles. The molecule has 1 fully saturated rings. The lowest BCUT2D eigenvalue weighted by atomic mass is 10.1. The van der Waals surface area contributed by atoms with Crippen molar-refractivity contribution in [1.29, 1.82) is 0 Å². The van der Waals surface area contributed by atoms with Crippen LogP contribution in [0.25, 0.3) is 0 Å². The molecule has 1 aliphatic rings. The summed E-state index contributed by atoms with van der Waals surface area (Å²) in [6, 6.07) is 7.73. The average molecular weight is 318 g/mol. The quantitative estimate of drug-likeness (QED) is 0.908. The molecule has 1 N–H and O–H groups in total. The fourth-order valence-corrected chi connectivity index (χ4v) is 2.89. The Kier molecular flexibility index (Phi) is 5.77. The van der Waals surface area contributed by atoms with Gasteiger partial charge in [-0.3, -0.25) is 9.59 Å². The van der Waals surface area contributed by atoms with Crippen molar-refractivity contribution in [2.45, 2.75) is 33.3 Å². The molecular weight excluding hydrogens is 292 g/mol. The van der Waals surface area contributed by atoms with Crippen LogP contribution in [-0.2, 0) is 16.0 Å². The number of carbonyl (C=O) groups excluding carboxylic acids is 2. The molecule has 1 aromatic carbocycles. The molecule has 1 aliphatic heterocycles. The first kappa shape index (κ1) is 17.5. The molecule has 0 spiro atoms. The minimum absolute atomic E-state index is 0.0501. The highest BCUT2D eigenvalue weighted by atomic mass is 16.3. The lowest BCUT2D eigenvalue weighted by Crippen LogP contribution is -2.41. The molecular formula is C18H26N2O3. The number of hydrogen-bond donors (Lipinski definition) is 1. The maximum Gasteiger partial charge on any atom is 0.242 e. The van der Waals surface area contributed by atoms with Gasteiger partial charge in [0.1, 0.15) is 0 Å². The van der Waals surface area contributed by atoms with Crippen molar-refractivity contribution in [3.63, 3.8) is 0 Å². The summed E-state index contributed by atoms with van der Waals surface area (Å²) in [4.78, 5) is 28.0. The fraction of sp³-hybridized carbons (Fsp3) is 0.556. The van der Waals surface area contributed by atoms with Gasteiger partial charge in [-0.15, -0.1) is 0 Å². The standard InChI is InChI=1S/C18H26N2O3/c1-13(2)9-19-10-16(21)11-20(12-18(19)23)17(22)8-15-7-5-4-6-14(15)3/h4-7,13,16,21H,8-12H2,1-3H3. The summed E-state index contributed by atoms with van der Waals surface area (Å²) >= 11 is 0. The predicted octanol–water partition coefficient (Wildman–Crippen LogP) is 1.23. The molecule has 5 nitrogen and oxygen atoms in total. The molecule has 1 aromatic rings. The Morgan fingerprint density at radius 1 is 1.30 bits per heavy atom.